The molecular weight excluding hydrogens is 322 g/mol. The number of carbonyl (C=O) groups is 1. The molecule has 0 radical (unpaired) electrons. The molecule has 1 amide bonds. The van der Waals surface area contributed by atoms with Gasteiger partial charge in [-0.05, 0) is 36.6 Å². The Morgan fingerprint density at radius 2 is 2.25 bits per heavy atom. The Morgan fingerprint density at radius 1 is 1.42 bits per heavy atom. The number of aromatic nitrogens is 2. The molecule has 0 spiro atoms. The Hall–Kier alpha value is -1.69. The first-order valence-electron chi connectivity index (χ1n) is 8.90. The lowest BCUT2D eigenvalue weighted by Crippen LogP contribution is -2.32. The van der Waals surface area contributed by atoms with Gasteiger partial charge in [-0.1, -0.05) is 31.0 Å². The van der Waals surface area contributed by atoms with Gasteiger partial charge in [0.15, 0.2) is 5.82 Å². The molecule has 0 aromatic carbocycles. The molecule has 1 N–H and O–H groups in total. The topological polar surface area (TPSA) is 68.0 Å². The average molecular weight is 347 g/mol. The quantitative estimate of drug-likeness (QED) is 0.782. The molecular formula is C18H25N3O2S. The molecule has 0 unspecified atom stereocenters. The molecule has 130 valence electrons. The van der Waals surface area contributed by atoms with Gasteiger partial charge in [0.1, 0.15) is 0 Å². The molecule has 24 heavy (non-hydrogen) atoms. The van der Waals surface area contributed by atoms with Crippen LogP contribution < -0.4 is 5.32 Å². The van der Waals surface area contributed by atoms with Crippen LogP contribution in [0.25, 0.3) is 0 Å². The second kappa shape index (κ2) is 8.42. The minimum Gasteiger partial charge on any atom is -0.348 e. The molecule has 2 heterocycles. The van der Waals surface area contributed by atoms with Crippen molar-refractivity contribution >= 4 is 17.2 Å². The maximum Gasteiger partial charge on any atom is 0.227 e. The molecule has 2 aromatic heterocycles. The third-order valence-electron chi connectivity index (χ3n) is 4.59. The lowest BCUT2D eigenvalue weighted by molar-refractivity contribution is -0.122. The number of rotatable bonds is 8. The molecule has 1 saturated carbocycles. The molecule has 2 aromatic rings. The predicted octanol–water partition coefficient (Wildman–Crippen LogP) is 4.06. The lowest BCUT2D eigenvalue weighted by Gasteiger charge is -2.23. The van der Waals surface area contributed by atoms with Crippen LogP contribution in [-0.4, -0.2) is 16.0 Å². The van der Waals surface area contributed by atoms with E-state index in [0.717, 1.165) is 18.7 Å². The first-order valence-corrected chi connectivity index (χ1v) is 9.78. The first kappa shape index (κ1) is 17.1. The molecule has 1 fully saturated rings. The number of nitrogens with one attached hydrogen (secondary N) is 1. The fourth-order valence-corrected chi connectivity index (χ4v) is 4.23. The summed E-state index contributed by atoms with van der Waals surface area (Å²) in [4.78, 5) is 18.0. The number of hydrogen-bond acceptors (Lipinski definition) is 5. The minimum absolute atomic E-state index is 0.0653. The molecule has 0 aliphatic heterocycles. The number of carbonyl (C=O) groups excluding carboxylic acids is 1. The largest absolute Gasteiger partial charge is 0.348 e. The van der Waals surface area contributed by atoms with Crippen molar-refractivity contribution in [3.05, 3.63) is 34.1 Å². The standard InChI is InChI=1S/C18H25N3O2S/c1-2-6-15-19-17(23-21-15)11-10-16(22)20-18(13-7-3-4-8-13)14-9-5-12-24-14/h5,9,12-13,18H,2-4,6-8,10-11H2,1H3,(H,20,22)/t18-/m1/s1. The fraction of sp³-hybridized carbons (Fsp3) is 0.611. The van der Waals surface area contributed by atoms with Crippen LogP contribution in [0.15, 0.2) is 22.0 Å². The summed E-state index contributed by atoms with van der Waals surface area (Å²) in [6, 6.07) is 4.34. The molecule has 3 rings (SSSR count). The molecule has 1 aliphatic carbocycles. The zero-order valence-electron chi connectivity index (χ0n) is 14.2. The van der Waals surface area contributed by atoms with Gasteiger partial charge in [0.05, 0.1) is 6.04 Å². The van der Waals surface area contributed by atoms with Gasteiger partial charge in [-0.25, -0.2) is 0 Å². The van der Waals surface area contributed by atoms with Crippen molar-refractivity contribution in [3.63, 3.8) is 0 Å². The van der Waals surface area contributed by atoms with E-state index >= 15 is 0 Å². The average Bonchev–Trinajstić information content (AvgIpc) is 3.32. The van der Waals surface area contributed by atoms with E-state index in [9.17, 15) is 4.79 Å². The van der Waals surface area contributed by atoms with Gasteiger partial charge in [0.25, 0.3) is 0 Å². The highest BCUT2D eigenvalue weighted by molar-refractivity contribution is 7.10. The Morgan fingerprint density at radius 3 is 2.96 bits per heavy atom. The molecule has 5 nitrogen and oxygen atoms in total. The first-order chi connectivity index (χ1) is 11.8. The SMILES string of the molecule is CCCc1noc(CCC(=O)N[C@@H](c2cccs2)C2CCCC2)n1. The Labute approximate surface area is 146 Å². The molecule has 1 atom stereocenters. The summed E-state index contributed by atoms with van der Waals surface area (Å²) in [6.45, 7) is 2.08. The minimum atomic E-state index is 0.0653. The highest BCUT2D eigenvalue weighted by Gasteiger charge is 2.28. The summed E-state index contributed by atoms with van der Waals surface area (Å²) in [7, 11) is 0. The molecule has 0 saturated heterocycles. The van der Waals surface area contributed by atoms with Crippen LogP contribution in [0.4, 0.5) is 0 Å². The summed E-state index contributed by atoms with van der Waals surface area (Å²) in [5.41, 5.74) is 0. The van der Waals surface area contributed by atoms with E-state index < -0.39 is 0 Å². The van der Waals surface area contributed by atoms with Crippen molar-refractivity contribution in [1.29, 1.82) is 0 Å². The van der Waals surface area contributed by atoms with Crippen LogP contribution >= 0.6 is 11.3 Å². The van der Waals surface area contributed by atoms with Gasteiger partial charge < -0.3 is 9.84 Å². The summed E-state index contributed by atoms with van der Waals surface area (Å²) < 4.78 is 5.21. The summed E-state index contributed by atoms with van der Waals surface area (Å²) in [5, 5.41) is 9.26. The normalized spacial score (nSPS) is 16.4. The van der Waals surface area contributed by atoms with Crippen LogP contribution in [0.1, 0.15) is 68.1 Å². The third-order valence-corrected chi connectivity index (χ3v) is 5.54. The van der Waals surface area contributed by atoms with Crippen LogP contribution in [-0.2, 0) is 17.6 Å². The maximum atomic E-state index is 12.4. The van der Waals surface area contributed by atoms with Crippen LogP contribution in [0.2, 0.25) is 0 Å². The van der Waals surface area contributed by atoms with Crippen LogP contribution in [0, 0.1) is 5.92 Å². The van der Waals surface area contributed by atoms with E-state index in [0.29, 0.717) is 24.7 Å². The lowest BCUT2D eigenvalue weighted by atomic mass is 9.96. The van der Waals surface area contributed by atoms with E-state index in [1.165, 1.54) is 30.6 Å². The van der Waals surface area contributed by atoms with Gasteiger partial charge in [0.2, 0.25) is 11.8 Å². The number of nitrogens with zero attached hydrogens (tertiary/aromatic N) is 2. The third kappa shape index (κ3) is 4.44. The summed E-state index contributed by atoms with van der Waals surface area (Å²) in [6.07, 6.45) is 7.64. The van der Waals surface area contributed by atoms with Gasteiger partial charge in [-0.2, -0.15) is 4.98 Å². The molecule has 1 aliphatic rings. The van der Waals surface area contributed by atoms with Crippen molar-refractivity contribution in [2.45, 2.75) is 64.3 Å². The zero-order valence-corrected chi connectivity index (χ0v) is 15.0. The van der Waals surface area contributed by atoms with Gasteiger partial charge in [-0.3, -0.25) is 4.79 Å². The summed E-state index contributed by atoms with van der Waals surface area (Å²) in [5.74, 6) is 1.92. The number of thiophene rings is 1. The van der Waals surface area contributed by atoms with E-state index in [1.807, 2.05) is 0 Å². The second-order valence-corrected chi connectivity index (χ2v) is 7.44. The zero-order chi connectivity index (χ0) is 16.8. The van der Waals surface area contributed by atoms with Gasteiger partial charge >= 0.3 is 0 Å². The van der Waals surface area contributed by atoms with E-state index in [1.54, 1.807) is 11.3 Å². The van der Waals surface area contributed by atoms with Crippen molar-refractivity contribution < 1.29 is 9.32 Å². The van der Waals surface area contributed by atoms with Crippen molar-refractivity contribution in [3.8, 4) is 0 Å². The second-order valence-electron chi connectivity index (χ2n) is 6.46. The highest BCUT2D eigenvalue weighted by Crippen LogP contribution is 2.37. The monoisotopic (exact) mass is 347 g/mol. The van der Waals surface area contributed by atoms with Crippen molar-refractivity contribution in [1.82, 2.24) is 15.5 Å². The summed E-state index contributed by atoms with van der Waals surface area (Å²) >= 11 is 1.73. The Bertz CT molecular complexity index is 632. The van der Waals surface area contributed by atoms with E-state index in [2.05, 4.69) is 39.9 Å². The number of hydrogen-bond donors (Lipinski definition) is 1. The predicted molar refractivity (Wildman–Crippen MR) is 93.8 cm³/mol. The number of aryl methyl sites for hydroxylation is 2. The Kier molecular flexibility index (Phi) is 6.01. The highest BCUT2D eigenvalue weighted by atomic mass is 32.1. The number of amides is 1. The van der Waals surface area contributed by atoms with Crippen LogP contribution in [0.3, 0.4) is 0 Å². The van der Waals surface area contributed by atoms with Gasteiger partial charge in [0, 0.05) is 24.1 Å². The van der Waals surface area contributed by atoms with E-state index in [-0.39, 0.29) is 11.9 Å². The molecule has 0 bridgehead atoms. The van der Waals surface area contributed by atoms with Crippen molar-refractivity contribution in [2.24, 2.45) is 5.92 Å². The maximum absolute atomic E-state index is 12.4. The van der Waals surface area contributed by atoms with E-state index in [4.69, 9.17) is 4.52 Å². The fourth-order valence-electron chi connectivity index (χ4n) is 3.36. The van der Waals surface area contributed by atoms with Crippen LogP contribution in [0.5, 0.6) is 0 Å². The van der Waals surface area contributed by atoms with Gasteiger partial charge in [-0.15, -0.1) is 11.3 Å². The molecule has 6 heteroatoms. The Balaban J connectivity index is 1.55. The van der Waals surface area contributed by atoms with Crippen molar-refractivity contribution in [2.75, 3.05) is 0 Å². The smallest absolute Gasteiger partial charge is 0.227 e.